The lowest BCUT2D eigenvalue weighted by Gasteiger charge is -2.19. The fourth-order valence-corrected chi connectivity index (χ4v) is 2.07. The van der Waals surface area contributed by atoms with Gasteiger partial charge < -0.3 is 19.7 Å². The second kappa shape index (κ2) is 5.04. The zero-order valence-corrected chi connectivity index (χ0v) is 12.4. The standard InChI is InChI=1S/C15H19N3O3/c1-15(2,3)14-17-13(18-21-14)12(16)9-4-5-10-11(8-9)20-7-6-19-10/h4-5,8,12H,6-7,16H2,1-3H3. The van der Waals surface area contributed by atoms with Gasteiger partial charge in [-0.05, 0) is 17.7 Å². The van der Waals surface area contributed by atoms with Crippen molar-refractivity contribution in [1.29, 1.82) is 0 Å². The molecule has 1 aromatic carbocycles. The molecule has 6 nitrogen and oxygen atoms in total. The highest BCUT2D eigenvalue weighted by molar-refractivity contribution is 5.45. The highest BCUT2D eigenvalue weighted by Crippen LogP contribution is 2.33. The lowest BCUT2D eigenvalue weighted by atomic mass is 9.97. The molecule has 0 radical (unpaired) electrons. The van der Waals surface area contributed by atoms with E-state index in [9.17, 15) is 0 Å². The quantitative estimate of drug-likeness (QED) is 0.912. The van der Waals surface area contributed by atoms with Crippen molar-refractivity contribution < 1.29 is 14.0 Å². The normalized spacial score (nSPS) is 15.8. The molecule has 6 heteroatoms. The van der Waals surface area contributed by atoms with Crippen molar-refractivity contribution in [3.8, 4) is 11.5 Å². The minimum atomic E-state index is -0.458. The van der Waals surface area contributed by atoms with Gasteiger partial charge in [0.1, 0.15) is 13.2 Å². The molecular weight excluding hydrogens is 270 g/mol. The van der Waals surface area contributed by atoms with Crippen molar-refractivity contribution in [3.63, 3.8) is 0 Å². The van der Waals surface area contributed by atoms with Crippen molar-refractivity contribution in [3.05, 3.63) is 35.5 Å². The Labute approximate surface area is 123 Å². The third-order valence-corrected chi connectivity index (χ3v) is 3.29. The van der Waals surface area contributed by atoms with Crippen LogP contribution in [-0.4, -0.2) is 23.4 Å². The van der Waals surface area contributed by atoms with Crippen LogP contribution >= 0.6 is 0 Å². The maximum absolute atomic E-state index is 6.22. The maximum Gasteiger partial charge on any atom is 0.232 e. The molecule has 3 rings (SSSR count). The molecule has 112 valence electrons. The molecule has 1 aliphatic heterocycles. The zero-order chi connectivity index (χ0) is 15.0. The van der Waals surface area contributed by atoms with Gasteiger partial charge in [0.25, 0.3) is 0 Å². The first kappa shape index (κ1) is 13.9. The van der Waals surface area contributed by atoms with Crippen LogP contribution in [-0.2, 0) is 5.41 Å². The third kappa shape index (κ3) is 2.71. The van der Waals surface area contributed by atoms with Gasteiger partial charge in [-0.2, -0.15) is 4.98 Å². The highest BCUT2D eigenvalue weighted by Gasteiger charge is 2.25. The molecule has 2 heterocycles. The predicted molar refractivity (Wildman–Crippen MR) is 76.5 cm³/mol. The Balaban J connectivity index is 1.88. The minimum Gasteiger partial charge on any atom is -0.486 e. The average molecular weight is 289 g/mol. The largest absolute Gasteiger partial charge is 0.486 e. The van der Waals surface area contributed by atoms with Gasteiger partial charge in [-0.15, -0.1) is 0 Å². The number of hydrogen-bond acceptors (Lipinski definition) is 6. The number of hydrogen-bond donors (Lipinski definition) is 1. The number of aromatic nitrogens is 2. The molecule has 1 aromatic heterocycles. The molecule has 0 saturated heterocycles. The number of ether oxygens (including phenoxy) is 2. The molecule has 0 spiro atoms. The Morgan fingerprint density at radius 1 is 1.14 bits per heavy atom. The van der Waals surface area contributed by atoms with Crippen LogP contribution < -0.4 is 15.2 Å². The summed E-state index contributed by atoms with van der Waals surface area (Å²) in [7, 11) is 0. The molecule has 2 N–H and O–H groups in total. The Bertz CT molecular complexity index is 646. The Morgan fingerprint density at radius 3 is 2.52 bits per heavy atom. The predicted octanol–water partition coefficient (Wildman–Crippen LogP) is 2.19. The molecule has 0 aliphatic carbocycles. The van der Waals surface area contributed by atoms with E-state index in [2.05, 4.69) is 10.1 Å². The SMILES string of the molecule is CC(C)(C)c1nc(C(N)c2ccc3c(c2)OCCO3)no1. The summed E-state index contributed by atoms with van der Waals surface area (Å²) in [5.74, 6) is 2.48. The van der Waals surface area contributed by atoms with Gasteiger partial charge >= 0.3 is 0 Å². The van der Waals surface area contributed by atoms with Gasteiger partial charge in [0.05, 0.1) is 6.04 Å². The second-order valence-electron chi connectivity index (χ2n) is 6.09. The van der Waals surface area contributed by atoms with Gasteiger partial charge in [-0.1, -0.05) is 32.0 Å². The van der Waals surface area contributed by atoms with Gasteiger partial charge in [0.15, 0.2) is 17.3 Å². The van der Waals surface area contributed by atoms with Crippen molar-refractivity contribution in [2.24, 2.45) is 5.73 Å². The average Bonchev–Trinajstić information content (AvgIpc) is 2.96. The summed E-state index contributed by atoms with van der Waals surface area (Å²) in [6, 6.07) is 5.16. The van der Waals surface area contributed by atoms with Gasteiger partial charge in [-0.25, -0.2) is 0 Å². The smallest absolute Gasteiger partial charge is 0.232 e. The minimum absolute atomic E-state index is 0.197. The summed E-state index contributed by atoms with van der Waals surface area (Å²) in [6.07, 6.45) is 0. The fourth-order valence-electron chi connectivity index (χ4n) is 2.07. The van der Waals surface area contributed by atoms with E-state index in [-0.39, 0.29) is 5.41 Å². The third-order valence-electron chi connectivity index (χ3n) is 3.29. The molecule has 0 fully saturated rings. The van der Waals surface area contributed by atoms with E-state index in [1.54, 1.807) is 0 Å². The van der Waals surface area contributed by atoms with E-state index < -0.39 is 6.04 Å². The Morgan fingerprint density at radius 2 is 1.86 bits per heavy atom. The summed E-state index contributed by atoms with van der Waals surface area (Å²) >= 11 is 0. The molecule has 2 aromatic rings. The van der Waals surface area contributed by atoms with E-state index in [1.807, 2.05) is 39.0 Å². The highest BCUT2D eigenvalue weighted by atomic mass is 16.6. The lowest BCUT2D eigenvalue weighted by molar-refractivity contribution is 0.171. The topological polar surface area (TPSA) is 83.4 Å². The van der Waals surface area contributed by atoms with Crippen LogP contribution in [0.3, 0.4) is 0 Å². The van der Waals surface area contributed by atoms with Crippen LogP contribution in [0.5, 0.6) is 11.5 Å². The fraction of sp³-hybridized carbons (Fsp3) is 0.467. The van der Waals surface area contributed by atoms with E-state index in [4.69, 9.17) is 19.7 Å². The van der Waals surface area contributed by atoms with Crippen molar-refractivity contribution in [2.75, 3.05) is 13.2 Å². The van der Waals surface area contributed by atoms with Crippen LogP contribution in [0.25, 0.3) is 0 Å². The summed E-state index contributed by atoms with van der Waals surface area (Å²) < 4.78 is 16.3. The molecule has 1 unspecified atom stereocenters. The molecule has 0 bridgehead atoms. The van der Waals surface area contributed by atoms with Crippen molar-refractivity contribution >= 4 is 0 Å². The number of nitrogens with zero attached hydrogens (tertiary/aromatic N) is 2. The summed E-state index contributed by atoms with van der Waals surface area (Å²) in [5, 5.41) is 3.99. The first-order valence-corrected chi connectivity index (χ1v) is 6.94. The van der Waals surface area contributed by atoms with Crippen LogP contribution in [0.4, 0.5) is 0 Å². The van der Waals surface area contributed by atoms with Crippen LogP contribution in [0.1, 0.15) is 44.1 Å². The van der Waals surface area contributed by atoms with E-state index in [1.165, 1.54) is 0 Å². The molecule has 0 saturated carbocycles. The maximum atomic E-state index is 6.22. The van der Waals surface area contributed by atoms with E-state index in [0.717, 1.165) is 11.3 Å². The van der Waals surface area contributed by atoms with Crippen molar-refractivity contribution in [1.82, 2.24) is 10.1 Å². The van der Waals surface area contributed by atoms with Crippen molar-refractivity contribution in [2.45, 2.75) is 32.2 Å². The summed E-state index contributed by atoms with van der Waals surface area (Å²) in [5.41, 5.74) is 6.89. The molecule has 21 heavy (non-hydrogen) atoms. The van der Waals surface area contributed by atoms with E-state index >= 15 is 0 Å². The Kier molecular flexibility index (Phi) is 3.33. The first-order chi connectivity index (χ1) is 9.95. The van der Waals surface area contributed by atoms with Crippen LogP contribution in [0, 0.1) is 0 Å². The first-order valence-electron chi connectivity index (χ1n) is 6.94. The summed E-state index contributed by atoms with van der Waals surface area (Å²) in [4.78, 5) is 4.40. The number of rotatable bonds is 2. The second-order valence-corrected chi connectivity index (χ2v) is 6.09. The number of fused-ring (bicyclic) bond motifs is 1. The Hall–Kier alpha value is -2.08. The van der Waals surface area contributed by atoms with Crippen LogP contribution in [0.2, 0.25) is 0 Å². The zero-order valence-electron chi connectivity index (χ0n) is 12.4. The lowest BCUT2D eigenvalue weighted by Crippen LogP contribution is -2.18. The van der Waals surface area contributed by atoms with E-state index in [0.29, 0.717) is 30.7 Å². The molecular formula is C15H19N3O3. The van der Waals surface area contributed by atoms with Gasteiger partial charge in [0.2, 0.25) is 5.89 Å². The number of benzene rings is 1. The monoisotopic (exact) mass is 289 g/mol. The molecule has 0 amide bonds. The molecule has 1 aliphatic rings. The van der Waals surface area contributed by atoms with Gasteiger partial charge in [-0.3, -0.25) is 0 Å². The molecule has 1 atom stereocenters. The number of nitrogens with two attached hydrogens (primary N) is 1. The van der Waals surface area contributed by atoms with Crippen LogP contribution in [0.15, 0.2) is 22.7 Å². The summed E-state index contributed by atoms with van der Waals surface area (Å²) in [6.45, 7) is 7.15. The van der Waals surface area contributed by atoms with Gasteiger partial charge in [0, 0.05) is 5.41 Å².